The Labute approximate surface area is 209 Å². The second-order valence-electron chi connectivity index (χ2n) is 10.4. The number of likely N-dealkylation sites (tertiary alicyclic amines) is 1. The van der Waals surface area contributed by atoms with Gasteiger partial charge in [-0.25, -0.2) is 0 Å². The summed E-state index contributed by atoms with van der Waals surface area (Å²) in [5, 5.41) is 9.56. The van der Waals surface area contributed by atoms with Crippen LogP contribution in [0, 0.1) is 11.8 Å². The third kappa shape index (κ3) is 7.29. The number of carbonyl (C=O) groups excluding carboxylic acids is 1. The summed E-state index contributed by atoms with van der Waals surface area (Å²) in [6.07, 6.45) is 2.62. The van der Waals surface area contributed by atoms with Crippen LogP contribution in [0.2, 0.25) is 0 Å². The van der Waals surface area contributed by atoms with Crippen LogP contribution in [0.1, 0.15) is 53.7 Å². The van der Waals surface area contributed by atoms with E-state index >= 15 is 0 Å². The third-order valence-corrected chi connectivity index (χ3v) is 6.82. The molecule has 1 N–H and O–H groups in total. The molecular formula is C29H40N2O4. The number of ether oxygens (including phenoxy) is 2. The molecule has 190 valence electrons. The minimum atomic E-state index is 0.0340. The molecule has 1 unspecified atom stereocenters. The van der Waals surface area contributed by atoms with E-state index < -0.39 is 0 Å². The van der Waals surface area contributed by atoms with Crippen LogP contribution in [0.15, 0.2) is 42.5 Å². The van der Waals surface area contributed by atoms with Crippen LogP contribution < -0.4 is 4.74 Å². The Bertz CT molecular complexity index is 977. The molecule has 1 saturated heterocycles. The molecule has 0 aromatic heterocycles. The molecule has 1 amide bonds. The summed E-state index contributed by atoms with van der Waals surface area (Å²) in [5.74, 6) is 1.61. The molecule has 2 bridgehead atoms. The van der Waals surface area contributed by atoms with Crippen molar-refractivity contribution in [2.24, 2.45) is 11.8 Å². The fraction of sp³-hybridized carbons (Fsp3) is 0.552. The number of nitrogens with zero attached hydrogens (tertiary/aromatic N) is 2. The lowest BCUT2D eigenvalue weighted by Crippen LogP contribution is -2.41. The molecule has 6 heteroatoms. The van der Waals surface area contributed by atoms with Crippen molar-refractivity contribution >= 4 is 5.91 Å². The van der Waals surface area contributed by atoms with E-state index in [2.05, 4.69) is 43.0 Å². The molecule has 0 aliphatic carbocycles. The lowest BCUT2D eigenvalue weighted by Gasteiger charge is -2.32. The Morgan fingerprint density at radius 3 is 2.77 bits per heavy atom. The average Bonchev–Trinajstić information content (AvgIpc) is 2.85. The first-order chi connectivity index (χ1) is 17.0. The van der Waals surface area contributed by atoms with Gasteiger partial charge in [0.2, 0.25) is 0 Å². The van der Waals surface area contributed by atoms with Crippen molar-refractivity contribution in [1.29, 1.82) is 0 Å². The van der Waals surface area contributed by atoms with E-state index in [1.165, 1.54) is 11.1 Å². The van der Waals surface area contributed by atoms with E-state index in [1.807, 2.05) is 23.1 Å². The maximum Gasteiger partial charge on any atom is 0.253 e. The zero-order valence-electron chi connectivity index (χ0n) is 21.2. The van der Waals surface area contributed by atoms with Crippen LogP contribution in [-0.2, 0) is 17.7 Å². The molecule has 2 aliphatic heterocycles. The van der Waals surface area contributed by atoms with Gasteiger partial charge < -0.3 is 19.5 Å². The highest BCUT2D eigenvalue weighted by Gasteiger charge is 2.24. The minimum Gasteiger partial charge on any atom is -0.491 e. The summed E-state index contributed by atoms with van der Waals surface area (Å²) in [6, 6.07) is 14.5. The number of hydrogen-bond donors (Lipinski definition) is 1. The number of aliphatic hydroxyl groups is 1. The Balaban J connectivity index is 1.58. The maximum absolute atomic E-state index is 13.3. The molecule has 2 aromatic carbocycles. The first-order valence-electron chi connectivity index (χ1n) is 13.1. The number of amides is 1. The molecule has 4 rings (SSSR count). The molecule has 1 atom stereocenters. The van der Waals surface area contributed by atoms with Crippen molar-refractivity contribution in [3.05, 3.63) is 64.7 Å². The monoisotopic (exact) mass is 480 g/mol. The number of fused-ring (bicyclic) bond motifs is 3. The number of hydrogen-bond acceptors (Lipinski definition) is 5. The second kappa shape index (κ2) is 12.5. The Morgan fingerprint density at radius 2 is 1.94 bits per heavy atom. The first kappa shape index (κ1) is 25.7. The Kier molecular flexibility index (Phi) is 9.18. The van der Waals surface area contributed by atoms with Gasteiger partial charge in [0.25, 0.3) is 5.91 Å². The van der Waals surface area contributed by atoms with Crippen LogP contribution in [0.4, 0.5) is 0 Å². The van der Waals surface area contributed by atoms with Crippen molar-refractivity contribution in [1.82, 2.24) is 9.80 Å². The molecule has 0 radical (unpaired) electrons. The van der Waals surface area contributed by atoms with Gasteiger partial charge in [-0.15, -0.1) is 0 Å². The standard InChI is InChI=1S/C29H40N2O4/c1-22(2)18-30-11-12-34-13-14-35-28-9-8-26(29(33)31-10-4-7-25(20-31)21-32)17-27(28)16-23-5-3-6-24(15-23)19-30/h3,5-6,8-9,15,17,22,25,32H,4,7,10-14,16,18-21H2,1-2H3. The molecule has 0 saturated carbocycles. The quantitative estimate of drug-likeness (QED) is 0.717. The molecule has 2 aliphatic rings. The number of carbonyl (C=O) groups is 1. The summed E-state index contributed by atoms with van der Waals surface area (Å²) >= 11 is 0. The number of aliphatic hydroxyl groups excluding tert-OH is 1. The molecule has 0 spiro atoms. The van der Waals surface area contributed by atoms with Crippen molar-refractivity contribution in [3.63, 3.8) is 0 Å². The van der Waals surface area contributed by atoms with Gasteiger partial charge in [0, 0.05) is 51.3 Å². The highest BCUT2D eigenvalue weighted by molar-refractivity contribution is 5.94. The van der Waals surface area contributed by atoms with Gasteiger partial charge in [-0.2, -0.15) is 0 Å². The Hall–Kier alpha value is -2.41. The van der Waals surface area contributed by atoms with Gasteiger partial charge >= 0.3 is 0 Å². The van der Waals surface area contributed by atoms with Gasteiger partial charge in [-0.05, 0) is 59.6 Å². The van der Waals surface area contributed by atoms with Crippen LogP contribution in [0.25, 0.3) is 0 Å². The van der Waals surface area contributed by atoms with Crippen molar-refractivity contribution in [2.45, 2.75) is 39.7 Å². The topological polar surface area (TPSA) is 62.2 Å². The average molecular weight is 481 g/mol. The first-order valence-corrected chi connectivity index (χ1v) is 13.1. The largest absolute Gasteiger partial charge is 0.491 e. The summed E-state index contributed by atoms with van der Waals surface area (Å²) in [4.78, 5) is 17.6. The van der Waals surface area contributed by atoms with Gasteiger partial charge in [0.15, 0.2) is 0 Å². The van der Waals surface area contributed by atoms with Crippen LogP contribution >= 0.6 is 0 Å². The lowest BCUT2D eigenvalue weighted by atomic mass is 9.97. The normalized spacial score (nSPS) is 20.1. The molecule has 6 nitrogen and oxygen atoms in total. The SMILES string of the molecule is CC(C)CN1CCOCCOc2ccc(C(=O)N3CCCC(CO)C3)cc2Cc2cccc(c2)C1. The van der Waals surface area contributed by atoms with Crippen LogP contribution in [0.5, 0.6) is 5.75 Å². The molecule has 35 heavy (non-hydrogen) atoms. The van der Waals surface area contributed by atoms with Gasteiger partial charge in [0.05, 0.1) is 13.2 Å². The van der Waals surface area contributed by atoms with E-state index in [0.29, 0.717) is 44.3 Å². The van der Waals surface area contributed by atoms with Crippen molar-refractivity contribution < 1.29 is 19.4 Å². The molecular weight excluding hydrogens is 440 g/mol. The maximum atomic E-state index is 13.3. The number of benzene rings is 2. The minimum absolute atomic E-state index is 0.0340. The summed E-state index contributed by atoms with van der Waals surface area (Å²) in [5.41, 5.74) is 4.20. The number of piperidine rings is 1. The Morgan fingerprint density at radius 1 is 1.09 bits per heavy atom. The van der Waals surface area contributed by atoms with E-state index in [1.54, 1.807) is 0 Å². The van der Waals surface area contributed by atoms with E-state index in [-0.39, 0.29) is 18.4 Å². The predicted molar refractivity (Wildman–Crippen MR) is 138 cm³/mol. The van der Waals surface area contributed by atoms with Gasteiger partial charge in [0.1, 0.15) is 12.4 Å². The fourth-order valence-electron chi connectivity index (χ4n) is 5.15. The smallest absolute Gasteiger partial charge is 0.253 e. The lowest BCUT2D eigenvalue weighted by molar-refractivity contribution is 0.0620. The highest BCUT2D eigenvalue weighted by Crippen LogP contribution is 2.26. The van der Waals surface area contributed by atoms with E-state index in [0.717, 1.165) is 50.3 Å². The van der Waals surface area contributed by atoms with Crippen LogP contribution in [-0.4, -0.2) is 73.4 Å². The van der Waals surface area contributed by atoms with E-state index in [4.69, 9.17) is 9.47 Å². The number of rotatable bonds is 4. The predicted octanol–water partition coefficient (Wildman–Crippen LogP) is 3.99. The van der Waals surface area contributed by atoms with Crippen LogP contribution in [0.3, 0.4) is 0 Å². The van der Waals surface area contributed by atoms with Crippen molar-refractivity contribution in [3.8, 4) is 5.75 Å². The third-order valence-electron chi connectivity index (χ3n) is 6.82. The van der Waals surface area contributed by atoms with Crippen molar-refractivity contribution in [2.75, 3.05) is 52.6 Å². The fourth-order valence-corrected chi connectivity index (χ4v) is 5.15. The second-order valence-corrected chi connectivity index (χ2v) is 10.4. The zero-order chi connectivity index (χ0) is 24.6. The summed E-state index contributed by atoms with van der Waals surface area (Å²) in [6.45, 7) is 10.5. The van der Waals surface area contributed by atoms with Gasteiger partial charge in [-0.3, -0.25) is 9.69 Å². The highest BCUT2D eigenvalue weighted by atomic mass is 16.5. The molecule has 2 heterocycles. The van der Waals surface area contributed by atoms with E-state index in [9.17, 15) is 9.90 Å². The molecule has 2 aromatic rings. The zero-order valence-corrected chi connectivity index (χ0v) is 21.2. The molecule has 1 fully saturated rings. The van der Waals surface area contributed by atoms with Gasteiger partial charge in [-0.1, -0.05) is 38.1 Å². The summed E-state index contributed by atoms with van der Waals surface area (Å²) in [7, 11) is 0. The summed E-state index contributed by atoms with van der Waals surface area (Å²) < 4.78 is 12.0.